The van der Waals surface area contributed by atoms with E-state index < -0.39 is 0 Å². The molecule has 0 aliphatic carbocycles. The van der Waals surface area contributed by atoms with Gasteiger partial charge in [-0.3, -0.25) is 4.79 Å². The fourth-order valence-corrected chi connectivity index (χ4v) is 2.92. The Morgan fingerprint density at radius 3 is 2.36 bits per heavy atom. The molecule has 1 amide bonds. The molecule has 0 saturated heterocycles. The number of nitrogens with zero attached hydrogens (tertiary/aromatic N) is 1. The van der Waals surface area contributed by atoms with Gasteiger partial charge in [0.2, 0.25) is 0 Å². The van der Waals surface area contributed by atoms with Gasteiger partial charge in [-0.05, 0) is 53.9 Å². The third-order valence-corrected chi connectivity index (χ3v) is 4.49. The molecule has 0 fully saturated rings. The normalized spacial score (nSPS) is 10.5. The van der Waals surface area contributed by atoms with Gasteiger partial charge in [0.05, 0.1) is 12.8 Å². The highest BCUT2D eigenvalue weighted by Crippen LogP contribution is 2.18. The van der Waals surface area contributed by atoms with Gasteiger partial charge in [-0.15, -0.1) is 0 Å². The Morgan fingerprint density at radius 2 is 1.75 bits per heavy atom. The molecule has 4 nitrogen and oxygen atoms in total. The van der Waals surface area contributed by atoms with Gasteiger partial charge in [0.1, 0.15) is 18.1 Å². The van der Waals surface area contributed by atoms with E-state index in [1.165, 1.54) is 5.56 Å². The first kappa shape index (κ1) is 19.5. The minimum absolute atomic E-state index is 0.0498. The Morgan fingerprint density at radius 1 is 1.04 bits per heavy atom. The number of hydrogen-bond acceptors (Lipinski definition) is 3. The molecule has 3 aromatic rings. The monoisotopic (exact) mass is 375 g/mol. The molecule has 0 atom stereocenters. The van der Waals surface area contributed by atoms with Crippen molar-refractivity contribution in [3.05, 3.63) is 102 Å². The molecule has 4 heteroatoms. The Balaban J connectivity index is 1.78. The van der Waals surface area contributed by atoms with Gasteiger partial charge in [0.25, 0.3) is 5.91 Å². The van der Waals surface area contributed by atoms with Crippen LogP contribution in [-0.2, 0) is 19.5 Å². The zero-order valence-corrected chi connectivity index (χ0v) is 16.1. The summed E-state index contributed by atoms with van der Waals surface area (Å²) < 4.78 is 11.0. The zero-order chi connectivity index (χ0) is 19.8. The van der Waals surface area contributed by atoms with Gasteiger partial charge in [-0.1, -0.05) is 43.8 Å². The minimum Gasteiger partial charge on any atom is -0.490 e. The molecular weight excluding hydrogens is 350 g/mol. The highest BCUT2D eigenvalue weighted by molar-refractivity contribution is 5.94. The van der Waals surface area contributed by atoms with E-state index in [0.717, 1.165) is 17.7 Å². The Bertz CT molecular complexity index is 881. The lowest BCUT2D eigenvalue weighted by Crippen LogP contribution is -2.30. The number of amides is 1. The first-order valence-corrected chi connectivity index (χ1v) is 9.43. The van der Waals surface area contributed by atoms with Crippen LogP contribution >= 0.6 is 0 Å². The average Bonchev–Trinajstić information content (AvgIpc) is 3.25. The molecule has 0 bridgehead atoms. The second-order valence-corrected chi connectivity index (χ2v) is 6.53. The van der Waals surface area contributed by atoms with E-state index >= 15 is 0 Å². The van der Waals surface area contributed by atoms with Crippen LogP contribution in [0.1, 0.15) is 34.2 Å². The topological polar surface area (TPSA) is 42.7 Å². The van der Waals surface area contributed by atoms with Crippen LogP contribution in [0.5, 0.6) is 5.75 Å². The maximum atomic E-state index is 13.2. The van der Waals surface area contributed by atoms with Crippen LogP contribution in [0.3, 0.4) is 0 Å². The molecule has 0 N–H and O–H groups in total. The Kier molecular flexibility index (Phi) is 6.68. The first-order chi connectivity index (χ1) is 13.7. The summed E-state index contributed by atoms with van der Waals surface area (Å²) in [7, 11) is 0. The maximum Gasteiger partial charge on any atom is 0.254 e. The van der Waals surface area contributed by atoms with Crippen molar-refractivity contribution in [2.45, 2.75) is 26.4 Å². The molecule has 0 aliphatic rings. The summed E-state index contributed by atoms with van der Waals surface area (Å²) in [5, 5.41) is 0. The summed E-state index contributed by atoms with van der Waals surface area (Å²) in [6.45, 7) is 7.13. The number of rotatable bonds is 9. The number of hydrogen-bond donors (Lipinski definition) is 0. The fourth-order valence-electron chi connectivity index (χ4n) is 2.92. The van der Waals surface area contributed by atoms with E-state index in [-0.39, 0.29) is 5.91 Å². The minimum atomic E-state index is -0.0498. The Labute approximate surface area is 166 Å². The van der Waals surface area contributed by atoms with E-state index in [0.29, 0.717) is 31.0 Å². The molecule has 1 aromatic heterocycles. The van der Waals surface area contributed by atoms with Gasteiger partial charge in [-0.2, -0.15) is 0 Å². The van der Waals surface area contributed by atoms with Gasteiger partial charge in [-0.25, -0.2) is 0 Å². The zero-order valence-electron chi connectivity index (χ0n) is 16.1. The van der Waals surface area contributed by atoms with Crippen LogP contribution in [0.25, 0.3) is 0 Å². The van der Waals surface area contributed by atoms with Crippen LogP contribution in [0.2, 0.25) is 0 Å². The average molecular weight is 375 g/mol. The van der Waals surface area contributed by atoms with E-state index in [1.54, 1.807) is 41.5 Å². The van der Waals surface area contributed by atoms with Crippen molar-refractivity contribution < 1.29 is 13.9 Å². The van der Waals surface area contributed by atoms with Crippen LogP contribution < -0.4 is 4.74 Å². The summed E-state index contributed by atoms with van der Waals surface area (Å²) in [5.74, 6) is 1.42. The quantitative estimate of drug-likeness (QED) is 0.480. The molecule has 0 radical (unpaired) electrons. The number of furan rings is 1. The molecule has 1 heterocycles. The second kappa shape index (κ2) is 9.60. The van der Waals surface area contributed by atoms with Crippen molar-refractivity contribution in [3.63, 3.8) is 0 Å². The van der Waals surface area contributed by atoms with E-state index in [1.807, 2.05) is 12.1 Å². The lowest BCUT2D eigenvalue weighted by Gasteiger charge is -2.22. The highest BCUT2D eigenvalue weighted by Gasteiger charge is 2.18. The van der Waals surface area contributed by atoms with Crippen LogP contribution in [0.4, 0.5) is 0 Å². The van der Waals surface area contributed by atoms with Crippen molar-refractivity contribution in [1.82, 2.24) is 4.90 Å². The standard InChI is InChI=1S/C24H25NO3/c1-3-15-27-22-13-11-21(12-14-22)24(26)25(18-23-6-5-16-28-23)17-20-9-7-19(4-2)8-10-20/h3,5-14,16H,1,4,15,17-18H2,2H3. The molecule has 0 aliphatic heterocycles. The predicted molar refractivity (Wildman–Crippen MR) is 110 cm³/mol. The van der Waals surface area contributed by atoms with Crippen molar-refractivity contribution in [3.8, 4) is 5.75 Å². The SMILES string of the molecule is C=CCOc1ccc(C(=O)N(Cc2ccc(CC)cc2)Cc2ccco2)cc1. The molecular formula is C24H25NO3. The van der Waals surface area contributed by atoms with E-state index in [4.69, 9.17) is 9.15 Å². The van der Waals surface area contributed by atoms with Crippen molar-refractivity contribution >= 4 is 5.91 Å². The third-order valence-electron chi connectivity index (χ3n) is 4.49. The number of benzene rings is 2. The molecule has 0 unspecified atom stereocenters. The van der Waals surface area contributed by atoms with Crippen molar-refractivity contribution in [2.24, 2.45) is 0 Å². The van der Waals surface area contributed by atoms with Gasteiger partial charge in [0.15, 0.2) is 0 Å². The molecule has 0 spiro atoms. The predicted octanol–water partition coefficient (Wildman–Crippen LogP) is 5.25. The number of ether oxygens (including phenoxy) is 1. The van der Waals surface area contributed by atoms with Crippen molar-refractivity contribution in [2.75, 3.05) is 6.61 Å². The van der Waals surface area contributed by atoms with Crippen LogP contribution in [0.15, 0.2) is 84.0 Å². The van der Waals surface area contributed by atoms with E-state index in [9.17, 15) is 4.79 Å². The summed E-state index contributed by atoms with van der Waals surface area (Å²) in [5.41, 5.74) is 2.98. The first-order valence-electron chi connectivity index (χ1n) is 9.43. The molecule has 0 saturated carbocycles. The van der Waals surface area contributed by atoms with Crippen LogP contribution in [0, 0.1) is 0 Å². The number of aryl methyl sites for hydroxylation is 1. The van der Waals surface area contributed by atoms with Crippen molar-refractivity contribution in [1.29, 1.82) is 0 Å². The molecule has 144 valence electrons. The lowest BCUT2D eigenvalue weighted by molar-refractivity contribution is 0.0717. The summed E-state index contributed by atoms with van der Waals surface area (Å²) in [6.07, 6.45) is 4.31. The summed E-state index contributed by atoms with van der Waals surface area (Å²) in [4.78, 5) is 14.9. The summed E-state index contributed by atoms with van der Waals surface area (Å²) >= 11 is 0. The number of carbonyl (C=O) groups excluding carboxylic acids is 1. The fraction of sp³-hybridized carbons (Fsp3) is 0.208. The largest absolute Gasteiger partial charge is 0.490 e. The third kappa shape index (κ3) is 5.13. The smallest absolute Gasteiger partial charge is 0.254 e. The highest BCUT2D eigenvalue weighted by atomic mass is 16.5. The molecule has 2 aromatic carbocycles. The number of carbonyl (C=O) groups is 1. The Hall–Kier alpha value is -3.27. The van der Waals surface area contributed by atoms with E-state index in [2.05, 4.69) is 37.8 Å². The molecule has 3 rings (SSSR count). The maximum absolute atomic E-state index is 13.2. The van der Waals surface area contributed by atoms with Crippen LogP contribution in [-0.4, -0.2) is 17.4 Å². The summed E-state index contributed by atoms with van der Waals surface area (Å²) in [6, 6.07) is 19.3. The van der Waals surface area contributed by atoms with Gasteiger partial charge >= 0.3 is 0 Å². The second-order valence-electron chi connectivity index (χ2n) is 6.53. The van der Waals surface area contributed by atoms with Gasteiger partial charge < -0.3 is 14.1 Å². The lowest BCUT2D eigenvalue weighted by atomic mass is 10.1. The van der Waals surface area contributed by atoms with Gasteiger partial charge in [0, 0.05) is 12.1 Å². The molecule has 28 heavy (non-hydrogen) atoms.